The van der Waals surface area contributed by atoms with Gasteiger partial charge in [-0.15, -0.1) is 11.8 Å². The van der Waals surface area contributed by atoms with Crippen molar-refractivity contribution in [2.45, 2.75) is 49.4 Å². The molecule has 18 heavy (non-hydrogen) atoms. The van der Waals surface area contributed by atoms with Crippen LogP contribution in [0.2, 0.25) is 0 Å². The Bertz CT molecular complexity index is 391. The largest absolute Gasteiger partial charge is 0.315 e. The van der Waals surface area contributed by atoms with Crippen molar-refractivity contribution in [1.82, 2.24) is 10.3 Å². The molecule has 2 unspecified atom stereocenters. The summed E-state index contributed by atoms with van der Waals surface area (Å²) in [5.41, 5.74) is 0.375. The van der Waals surface area contributed by atoms with E-state index in [1.54, 1.807) is 0 Å². The van der Waals surface area contributed by atoms with Crippen LogP contribution in [0.25, 0.3) is 0 Å². The molecule has 1 heterocycles. The Labute approximate surface area is 122 Å². The Hall–Kier alpha value is -0.0600. The molecule has 1 aromatic rings. The van der Waals surface area contributed by atoms with Crippen molar-refractivity contribution in [2.24, 2.45) is 5.41 Å². The van der Waals surface area contributed by atoms with E-state index in [0.717, 1.165) is 9.50 Å². The molecular formula is C14H21BrN2S. The van der Waals surface area contributed by atoms with Gasteiger partial charge in [0.15, 0.2) is 0 Å². The topological polar surface area (TPSA) is 24.9 Å². The summed E-state index contributed by atoms with van der Waals surface area (Å²) in [6, 6.07) is 4.72. The first-order chi connectivity index (χ1) is 8.53. The van der Waals surface area contributed by atoms with Gasteiger partial charge in [-0.05, 0) is 53.4 Å². The first-order valence-electron chi connectivity index (χ1n) is 6.48. The lowest BCUT2D eigenvalue weighted by molar-refractivity contribution is 0.182. The van der Waals surface area contributed by atoms with Crippen LogP contribution in [0.1, 0.15) is 33.1 Å². The van der Waals surface area contributed by atoms with E-state index in [9.17, 15) is 0 Å². The zero-order valence-electron chi connectivity index (χ0n) is 11.2. The number of pyridine rings is 1. The van der Waals surface area contributed by atoms with Gasteiger partial charge in [0, 0.05) is 22.0 Å². The molecule has 0 saturated heterocycles. The van der Waals surface area contributed by atoms with E-state index in [4.69, 9.17) is 0 Å². The highest BCUT2D eigenvalue weighted by Gasteiger charge is 2.38. The van der Waals surface area contributed by atoms with Crippen LogP contribution in [0.4, 0.5) is 0 Å². The van der Waals surface area contributed by atoms with Crippen LogP contribution in [0.15, 0.2) is 27.8 Å². The summed E-state index contributed by atoms with van der Waals surface area (Å²) in [7, 11) is 2.08. The second-order valence-electron chi connectivity index (χ2n) is 5.62. The maximum Gasteiger partial charge on any atom is 0.0963 e. The third-order valence-corrected chi connectivity index (χ3v) is 5.57. The summed E-state index contributed by atoms with van der Waals surface area (Å²) in [6.07, 6.45) is 5.78. The quantitative estimate of drug-likeness (QED) is 0.904. The molecule has 1 aliphatic carbocycles. The van der Waals surface area contributed by atoms with Gasteiger partial charge in [0.1, 0.15) is 0 Å². The van der Waals surface area contributed by atoms with E-state index in [1.165, 1.54) is 19.3 Å². The van der Waals surface area contributed by atoms with Crippen LogP contribution in [0.3, 0.4) is 0 Å². The molecule has 1 fully saturated rings. The number of nitrogens with one attached hydrogen (secondary N) is 1. The third-order valence-electron chi connectivity index (χ3n) is 3.81. The second kappa shape index (κ2) is 5.93. The smallest absolute Gasteiger partial charge is 0.0963 e. The van der Waals surface area contributed by atoms with Crippen LogP contribution < -0.4 is 5.32 Å². The summed E-state index contributed by atoms with van der Waals surface area (Å²) in [5, 5.41) is 5.26. The molecule has 2 rings (SSSR count). The molecule has 0 aliphatic heterocycles. The number of rotatable bonds is 3. The Morgan fingerprint density at radius 3 is 2.83 bits per heavy atom. The molecule has 0 bridgehead atoms. The zero-order chi connectivity index (χ0) is 13.2. The van der Waals surface area contributed by atoms with Gasteiger partial charge in [0.05, 0.1) is 5.03 Å². The summed E-state index contributed by atoms with van der Waals surface area (Å²) < 4.78 is 1.04. The van der Waals surface area contributed by atoms with Crippen LogP contribution in [0, 0.1) is 5.41 Å². The summed E-state index contributed by atoms with van der Waals surface area (Å²) in [5.74, 6) is 0. The minimum Gasteiger partial charge on any atom is -0.315 e. The fourth-order valence-corrected chi connectivity index (χ4v) is 4.60. The normalized spacial score (nSPS) is 27.1. The van der Waals surface area contributed by atoms with Crippen molar-refractivity contribution >= 4 is 27.7 Å². The van der Waals surface area contributed by atoms with Crippen molar-refractivity contribution < 1.29 is 0 Å². The van der Waals surface area contributed by atoms with Crippen LogP contribution in [-0.2, 0) is 0 Å². The van der Waals surface area contributed by atoms with E-state index in [2.05, 4.69) is 59.3 Å². The highest BCUT2D eigenvalue weighted by atomic mass is 79.9. The average Bonchev–Trinajstić information content (AvgIpc) is 2.31. The summed E-state index contributed by atoms with van der Waals surface area (Å²) in [4.78, 5) is 4.48. The number of hydrogen-bond acceptors (Lipinski definition) is 3. The summed E-state index contributed by atoms with van der Waals surface area (Å²) >= 11 is 5.34. The first kappa shape index (κ1) is 14.4. The molecule has 1 aromatic heterocycles. The molecule has 0 radical (unpaired) electrons. The van der Waals surface area contributed by atoms with Crippen molar-refractivity contribution in [1.29, 1.82) is 0 Å². The molecule has 100 valence electrons. The van der Waals surface area contributed by atoms with E-state index >= 15 is 0 Å². The Morgan fingerprint density at radius 2 is 2.22 bits per heavy atom. The molecule has 2 atom stereocenters. The lowest BCUT2D eigenvalue weighted by Gasteiger charge is -2.43. The molecular weight excluding hydrogens is 308 g/mol. The van der Waals surface area contributed by atoms with E-state index in [1.807, 2.05) is 18.0 Å². The SMILES string of the molecule is CNC1C(Sc2ccc(Br)cn2)CCCC1(C)C. The van der Waals surface area contributed by atoms with Crippen molar-refractivity contribution in [3.8, 4) is 0 Å². The molecule has 1 saturated carbocycles. The minimum absolute atomic E-state index is 0.375. The zero-order valence-corrected chi connectivity index (χ0v) is 13.6. The van der Waals surface area contributed by atoms with Crippen LogP contribution >= 0.6 is 27.7 Å². The highest BCUT2D eigenvalue weighted by Crippen LogP contribution is 2.42. The van der Waals surface area contributed by atoms with Gasteiger partial charge in [-0.1, -0.05) is 20.3 Å². The Kier molecular flexibility index (Phi) is 4.73. The van der Waals surface area contributed by atoms with Crippen LogP contribution in [-0.4, -0.2) is 23.3 Å². The maximum atomic E-state index is 4.48. The predicted molar refractivity (Wildman–Crippen MR) is 82.1 cm³/mol. The van der Waals surface area contributed by atoms with Crippen LogP contribution in [0.5, 0.6) is 0 Å². The van der Waals surface area contributed by atoms with E-state index in [0.29, 0.717) is 16.7 Å². The fourth-order valence-electron chi connectivity index (χ4n) is 2.87. The molecule has 0 aromatic carbocycles. The first-order valence-corrected chi connectivity index (χ1v) is 8.16. The van der Waals surface area contributed by atoms with E-state index < -0.39 is 0 Å². The molecule has 0 amide bonds. The van der Waals surface area contributed by atoms with Gasteiger partial charge in [0.25, 0.3) is 0 Å². The standard InChI is InChI=1S/C14H21BrN2S/c1-14(2)8-4-5-11(13(14)16-3)18-12-7-6-10(15)9-17-12/h6-7,9,11,13,16H,4-5,8H2,1-3H3. The molecule has 2 nitrogen and oxygen atoms in total. The molecule has 1 aliphatic rings. The number of hydrogen-bond donors (Lipinski definition) is 1. The number of aromatic nitrogens is 1. The number of halogens is 1. The second-order valence-corrected chi connectivity index (χ2v) is 7.79. The van der Waals surface area contributed by atoms with Gasteiger partial charge < -0.3 is 5.32 Å². The summed E-state index contributed by atoms with van der Waals surface area (Å²) in [6.45, 7) is 4.74. The Morgan fingerprint density at radius 1 is 1.44 bits per heavy atom. The number of thioether (sulfide) groups is 1. The molecule has 1 N–H and O–H groups in total. The minimum atomic E-state index is 0.375. The lowest BCUT2D eigenvalue weighted by Crippen LogP contribution is -2.49. The van der Waals surface area contributed by atoms with Gasteiger partial charge in [-0.3, -0.25) is 0 Å². The van der Waals surface area contributed by atoms with Gasteiger partial charge in [-0.2, -0.15) is 0 Å². The molecule has 4 heteroatoms. The van der Waals surface area contributed by atoms with Gasteiger partial charge in [-0.25, -0.2) is 4.98 Å². The van der Waals surface area contributed by atoms with Crippen molar-refractivity contribution in [3.05, 3.63) is 22.8 Å². The van der Waals surface area contributed by atoms with Gasteiger partial charge in [0.2, 0.25) is 0 Å². The van der Waals surface area contributed by atoms with Crippen molar-refractivity contribution in [3.63, 3.8) is 0 Å². The highest BCUT2D eigenvalue weighted by molar-refractivity contribution is 9.10. The number of nitrogens with zero attached hydrogens (tertiary/aromatic N) is 1. The fraction of sp³-hybridized carbons (Fsp3) is 0.643. The monoisotopic (exact) mass is 328 g/mol. The third kappa shape index (κ3) is 3.28. The lowest BCUT2D eigenvalue weighted by atomic mass is 9.73. The Balaban J connectivity index is 2.09. The predicted octanol–water partition coefficient (Wildman–Crippen LogP) is 4.10. The maximum absolute atomic E-state index is 4.48. The van der Waals surface area contributed by atoms with E-state index in [-0.39, 0.29) is 0 Å². The average molecular weight is 329 g/mol. The van der Waals surface area contributed by atoms with Crippen molar-refractivity contribution in [2.75, 3.05) is 7.05 Å². The van der Waals surface area contributed by atoms with Gasteiger partial charge >= 0.3 is 0 Å². The molecule has 0 spiro atoms.